The molecule has 0 aliphatic heterocycles. The number of anilines is 1. The van der Waals surface area contributed by atoms with E-state index in [9.17, 15) is 9.59 Å². The van der Waals surface area contributed by atoms with Crippen molar-refractivity contribution in [2.75, 3.05) is 18.4 Å². The molecule has 5 nitrogen and oxygen atoms in total. The van der Waals surface area contributed by atoms with Gasteiger partial charge in [0.2, 0.25) is 5.91 Å². The topological polar surface area (TPSA) is 70.2 Å². The molecule has 6 heteroatoms. The Labute approximate surface area is 159 Å². The summed E-state index contributed by atoms with van der Waals surface area (Å²) in [6, 6.07) is 14.4. The van der Waals surface area contributed by atoms with Crippen LogP contribution < -0.4 is 16.0 Å². The van der Waals surface area contributed by atoms with Gasteiger partial charge in [-0.1, -0.05) is 37.6 Å². The molecular weight excluding hydrogens is 350 g/mol. The molecule has 0 saturated carbocycles. The van der Waals surface area contributed by atoms with Crippen LogP contribution in [0.15, 0.2) is 48.5 Å². The monoisotopic (exact) mass is 373 g/mol. The maximum Gasteiger partial charge on any atom is 0.255 e. The molecule has 0 aromatic heterocycles. The highest BCUT2D eigenvalue weighted by Crippen LogP contribution is 2.14. The van der Waals surface area contributed by atoms with Gasteiger partial charge < -0.3 is 16.0 Å². The molecule has 0 unspecified atom stereocenters. The highest BCUT2D eigenvalue weighted by molar-refractivity contribution is 6.30. The molecule has 0 saturated heterocycles. The molecular formula is C20H24ClN3O2. The van der Waals surface area contributed by atoms with Gasteiger partial charge in [0.15, 0.2) is 0 Å². The van der Waals surface area contributed by atoms with Crippen LogP contribution in [0.4, 0.5) is 5.69 Å². The van der Waals surface area contributed by atoms with Crippen LogP contribution in [0, 0.1) is 5.92 Å². The van der Waals surface area contributed by atoms with E-state index >= 15 is 0 Å². The fraction of sp³-hybridized carbons (Fsp3) is 0.300. The van der Waals surface area contributed by atoms with E-state index < -0.39 is 0 Å². The minimum Gasteiger partial charge on any atom is -0.355 e. The van der Waals surface area contributed by atoms with Crippen LogP contribution in [0.3, 0.4) is 0 Å². The lowest BCUT2D eigenvalue weighted by molar-refractivity contribution is -0.123. The van der Waals surface area contributed by atoms with Crippen molar-refractivity contribution in [1.29, 1.82) is 0 Å². The molecule has 0 heterocycles. The Balaban J connectivity index is 1.81. The van der Waals surface area contributed by atoms with Gasteiger partial charge in [0.1, 0.15) is 0 Å². The number of hydrogen-bond donors (Lipinski definition) is 3. The summed E-state index contributed by atoms with van der Waals surface area (Å²) in [5.74, 6) is -0.127. The standard InChI is InChI=1S/C20H24ClN3O2/c1-14(2)19(25)23-11-10-22-13-15-4-3-5-18(12-15)24-20(26)16-6-8-17(21)9-7-16/h3-9,12,14,22H,10-11,13H2,1-2H3,(H,23,25)(H,24,26). The van der Waals surface area contributed by atoms with Crippen molar-refractivity contribution in [3.05, 3.63) is 64.7 Å². The van der Waals surface area contributed by atoms with Crippen molar-refractivity contribution in [3.8, 4) is 0 Å². The van der Waals surface area contributed by atoms with E-state index in [2.05, 4.69) is 16.0 Å². The number of rotatable bonds is 8. The molecule has 2 aromatic rings. The van der Waals surface area contributed by atoms with Crippen LogP contribution >= 0.6 is 11.6 Å². The third-order valence-corrected chi connectivity index (χ3v) is 4.00. The zero-order valence-corrected chi connectivity index (χ0v) is 15.8. The zero-order valence-electron chi connectivity index (χ0n) is 15.0. The first-order chi connectivity index (χ1) is 12.5. The minimum atomic E-state index is -0.178. The van der Waals surface area contributed by atoms with Crippen molar-refractivity contribution in [2.45, 2.75) is 20.4 Å². The summed E-state index contributed by atoms with van der Waals surface area (Å²) in [5.41, 5.74) is 2.34. The summed E-state index contributed by atoms with van der Waals surface area (Å²) < 4.78 is 0. The Kier molecular flexibility index (Phi) is 7.63. The molecule has 138 valence electrons. The average molecular weight is 374 g/mol. The number of nitrogens with one attached hydrogen (secondary N) is 3. The Morgan fingerprint density at radius 1 is 1.04 bits per heavy atom. The molecule has 0 aliphatic carbocycles. The van der Waals surface area contributed by atoms with Crippen LogP contribution in [-0.2, 0) is 11.3 Å². The highest BCUT2D eigenvalue weighted by atomic mass is 35.5. The fourth-order valence-corrected chi connectivity index (χ4v) is 2.40. The van der Waals surface area contributed by atoms with Crippen molar-refractivity contribution < 1.29 is 9.59 Å². The van der Waals surface area contributed by atoms with Crippen molar-refractivity contribution >= 4 is 29.1 Å². The molecule has 0 fully saturated rings. The molecule has 2 aromatic carbocycles. The van der Waals surface area contributed by atoms with Gasteiger partial charge in [-0.2, -0.15) is 0 Å². The molecule has 0 atom stereocenters. The predicted octanol–water partition coefficient (Wildman–Crippen LogP) is 3.45. The van der Waals surface area contributed by atoms with Crippen molar-refractivity contribution in [3.63, 3.8) is 0 Å². The third-order valence-electron chi connectivity index (χ3n) is 3.75. The van der Waals surface area contributed by atoms with Crippen LogP contribution in [0.5, 0.6) is 0 Å². The smallest absolute Gasteiger partial charge is 0.255 e. The summed E-state index contributed by atoms with van der Waals surface area (Å²) in [6.45, 7) is 5.66. The van der Waals surface area contributed by atoms with E-state index in [0.717, 1.165) is 11.3 Å². The average Bonchev–Trinajstić information content (AvgIpc) is 2.62. The Morgan fingerprint density at radius 2 is 1.77 bits per heavy atom. The molecule has 26 heavy (non-hydrogen) atoms. The zero-order chi connectivity index (χ0) is 18.9. The van der Waals surface area contributed by atoms with Crippen LogP contribution in [0.25, 0.3) is 0 Å². The lowest BCUT2D eigenvalue weighted by Crippen LogP contribution is -2.34. The Morgan fingerprint density at radius 3 is 2.46 bits per heavy atom. The first-order valence-electron chi connectivity index (χ1n) is 8.60. The molecule has 3 N–H and O–H groups in total. The van der Waals surface area contributed by atoms with Gasteiger partial charge in [0.05, 0.1) is 0 Å². The lowest BCUT2D eigenvalue weighted by Gasteiger charge is -2.10. The van der Waals surface area contributed by atoms with Gasteiger partial charge in [-0.15, -0.1) is 0 Å². The highest BCUT2D eigenvalue weighted by Gasteiger charge is 2.07. The number of carbonyl (C=O) groups excluding carboxylic acids is 2. The molecule has 2 rings (SSSR count). The predicted molar refractivity (Wildman–Crippen MR) is 105 cm³/mol. The van der Waals surface area contributed by atoms with Gasteiger partial charge in [0, 0.05) is 41.8 Å². The van der Waals surface area contributed by atoms with E-state index in [1.165, 1.54) is 0 Å². The van der Waals surface area contributed by atoms with Crippen LogP contribution in [0.1, 0.15) is 29.8 Å². The Bertz CT molecular complexity index is 745. The largest absolute Gasteiger partial charge is 0.355 e. The third kappa shape index (κ3) is 6.50. The Hall–Kier alpha value is -2.37. The summed E-state index contributed by atoms with van der Waals surface area (Å²) >= 11 is 5.84. The van der Waals surface area contributed by atoms with E-state index in [1.54, 1.807) is 24.3 Å². The van der Waals surface area contributed by atoms with Gasteiger partial charge in [-0.25, -0.2) is 0 Å². The maximum absolute atomic E-state index is 12.2. The van der Waals surface area contributed by atoms with Crippen molar-refractivity contribution in [1.82, 2.24) is 10.6 Å². The summed E-state index contributed by atoms with van der Waals surface area (Å²) in [7, 11) is 0. The van der Waals surface area contributed by atoms with E-state index in [0.29, 0.717) is 30.2 Å². The van der Waals surface area contributed by atoms with Crippen LogP contribution in [-0.4, -0.2) is 24.9 Å². The summed E-state index contributed by atoms with van der Waals surface area (Å²) in [6.07, 6.45) is 0. The second kappa shape index (κ2) is 9.94. The number of halogens is 1. The second-order valence-corrected chi connectivity index (χ2v) is 6.72. The molecule has 0 bridgehead atoms. The molecule has 0 aliphatic rings. The fourth-order valence-electron chi connectivity index (χ4n) is 2.27. The minimum absolute atomic E-state index is 0.00377. The molecule has 0 spiro atoms. The molecule has 0 radical (unpaired) electrons. The van der Waals surface area contributed by atoms with Gasteiger partial charge >= 0.3 is 0 Å². The van der Waals surface area contributed by atoms with E-state index in [-0.39, 0.29) is 17.7 Å². The van der Waals surface area contributed by atoms with Crippen molar-refractivity contribution in [2.24, 2.45) is 5.92 Å². The second-order valence-electron chi connectivity index (χ2n) is 6.28. The first-order valence-corrected chi connectivity index (χ1v) is 8.98. The summed E-state index contributed by atoms with van der Waals surface area (Å²) in [4.78, 5) is 23.7. The molecule has 2 amide bonds. The lowest BCUT2D eigenvalue weighted by atomic mass is 10.1. The number of benzene rings is 2. The van der Waals surface area contributed by atoms with Crippen LogP contribution in [0.2, 0.25) is 5.02 Å². The summed E-state index contributed by atoms with van der Waals surface area (Å²) in [5, 5.41) is 9.61. The quantitative estimate of drug-likeness (QED) is 0.620. The van der Waals surface area contributed by atoms with E-state index in [1.807, 2.05) is 38.1 Å². The maximum atomic E-state index is 12.2. The first kappa shape index (κ1) is 19.9. The normalized spacial score (nSPS) is 10.6. The number of amides is 2. The number of hydrogen-bond acceptors (Lipinski definition) is 3. The number of carbonyl (C=O) groups is 2. The van der Waals surface area contributed by atoms with Gasteiger partial charge in [0.25, 0.3) is 5.91 Å². The SMILES string of the molecule is CC(C)C(=O)NCCNCc1cccc(NC(=O)c2ccc(Cl)cc2)c1. The van der Waals surface area contributed by atoms with E-state index in [4.69, 9.17) is 11.6 Å². The van der Waals surface area contributed by atoms with Gasteiger partial charge in [-0.05, 0) is 42.0 Å². The van der Waals surface area contributed by atoms with Gasteiger partial charge in [-0.3, -0.25) is 9.59 Å².